The second-order valence-corrected chi connectivity index (χ2v) is 8.87. The van der Waals surface area contributed by atoms with Gasteiger partial charge in [0.05, 0.1) is 5.41 Å². The number of rotatable bonds is 4. The van der Waals surface area contributed by atoms with E-state index in [0.717, 1.165) is 54.6 Å². The molecule has 6 heteroatoms. The molecule has 1 spiro atoms. The number of aryl methyl sites for hydroxylation is 1. The average Bonchev–Trinajstić information content (AvgIpc) is 3.19. The highest BCUT2D eigenvalue weighted by Crippen LogP contribution is 2.57. The van der Waals surface area contributed by atoms with Crippen molar-refractivity contribution in [1.29, 1.82) is 0 Å². The SMILES string of the molecule is Cc1ccn2c(NCC3CC3)nnc2c1C1CCCC12C(=O)Nc1ccccc12. The average molecular weight is 387 g/mol. The van der Waals surface area contributed by atoms with Crippen molar-refractivity contribution in [2.24, 2.45) is 5.92 Å². The Balaban J connectivity index is 1.49. The molecule has 1 amide bonds. The van der Waals surface area contributed by atoms with E-state index in [-0.39, 0.29) is 11.8 Å². The van der Waals surface area contributed by atoms with Gasteiger partial charge in [-0.25, -0.2) is 0 Å². The molecule has 148 valence electrons. The third kappa shape index (κ3) is 2.38. The quantitative estimate of drug-likeness (QED) is 0.709. The summed E-state index contributed by atoms with van der Waals surface area (Å²) in [6.45, 7) is 3.08. The number of amides is 1. The summed E-state index contributed by atoms with van der Waals surface area (Å²) in [6.07, 6.45) is 7.55. The first kappa shape index (κ1) is 17.0. The molecule has 2 aliphatic carbocycles. The van der Waals surface area contributed by atoms with E-state index in [1.54, 1.807) is 0 Å². The summed E-state index contributed by atoms with van der Waals surface area (Å²) in [6, 6.07) is 10.3. The standard InChI is InChI=1S/C23H25N5O/c1-14-10-12-28-20(26-27-22(28)24-13-15-8-9-15)19(14)17-6-4-11-23(17)16-5-2-3-7-18(16)25-21(23)29/h2-3,5,7,10,12,15,17H,4,6,8-9,11,13H2,1H3,(H,24,27)(H,25,29). The normalized spacial score (nSPS) is 25.6. The molecule has 2 fully saturated rings. The maximum atomic E-state index is 13.3. The predicted octanol–water partition coefficient (Wildman–Crippen LogP) is 4.02. The minimum atomic E-state index is -0.503. The van der Waals surface area contributed by atoms with Crippen molar-refractivity contribution >= 4 is 23.2 Å². The smallest absolute Gasteiger partial charge is 0.235 e. The van der Waals surface area contributed by atoms with Gasteiger partial charge >= 0.3 is 0 Å². The molecule has 2 unspecified atom stereocenters. The summed E-state index contributed by atoms with van der Waals surface area (Å²) in [4.78, 5) is 13.3. The molecule has 3 aromatic rings. The Labute approximate surface area is 169 Å². The zero-order chi connectivity index (χ0) is 19.6. The highest BCUT2D eigenvalue weighted by molar-refractivity contribution is 6.07. The third-order valence-corrected chi connectivity index (χ3v) is 7.15. The molecule has 29 heavy (non-hydrogen) atoms. The van der Waals surface area contributed by atoms with Crippen LogP contribution in [0.25, 0.3) is 5.65 Å². The summed E-state index contributed by atoms with van der Waals surface area (Å²) in [5.74, 6) is 1.81. The Morgan fingerprint density at radius 3 is 2.93 bits per heavy atom. The van der Waals surface area contributed by atoms with Crippen LogP contribution < -0.4 is 10.6 Å². The molecule has 6 rings (SSSR count). The molecule has 0 radical (unpaired) electrons. The van der Waals surface area contributed by atoms with E-state index in [4.69, 9.17) is 0 Å². The number of hydrogen-bond acceptors (Lipinski definition) is 4. The Hall–Kier alpha value is -2.89. The molecular formula is C23H25N5O. The lowest BCUT2D eigenvalue weighted by molar-refractivity contribution is -0.121. The largest absolute Gasteiger partial charge is 0.354 e. The zero-order valence-corrected chi connectivity index (χ0v) is 16.6. The van der Waals surface area contributed by atoms with Gasteiger partial charge in [0.25, 0.3) is 0 Å². The number of anilines is 2. The van der Waals surface area contributed by atoms with Gasteiger partial charge in [-0.05, 0) is 61.8 Å². The second-order valence-electron chi connectivity index (χ2n) is 8.87. The topological polar surface area (TPSA) is 71.3 Å². The molecule has 0 bridgehead atoms. The Morgan fingerprint density at radius 2 is 2.07 bits per heavy atom. The molecule has 6 nitrogen and oxygen atoms in total. The zero-order valence-electron chi connectivity index (χ0n) is 16.6. The van der Waals surface area contributed by atoms with Crippen LogP contribution in [0.3, 0.4) is 0 Å². The predicted molar refractivity (Wildman–Crippen MR) is 112 cm³/mol. The number of pyridine rings is 1. The van der Waals surface area contributed by atoms with Crippen LogP contribution in [-0.4, -0.2) is 27.0 Å². The molecule has 2 saturated carbocycles. The van der Waals surface area contributed by atoms with E-state index in [0.29, 0.717) is 0 Å². The van der Waals surface area contributed by atoms with E-state index in [1.807, 2.05) is 24.4 Å². The van der Waals surface area contributed by atoms with E-state index >= 15 is 0 Å². The van der Waals surface area contributed by atoms with E-state index < -0.39 is 5.41 Å². The van der Waals surface area contributed by atoms with Crippen molar-refractivity contribution in [2.75, 3.05) is 17.2 Å². The molecule has 3 aliphatic rings. The number of aromatic nitrogens is 3. The molecule has 3 heterocycles. The molecule has 0 saturated heterocycles. The lowest BCUT2D eigenvalue weighted by Gasteiger charge is -2.31. The number of fused-ring (bicyclic) bond motifs is 3. The second kappa shape index (κ2) is 6.05. The number of carbonyl (C=O) groups is 1. The summed E-state index contributed by atoms with van der Waals surface area (Å²) in [5.41, 5.74) is 4.83. The number of carbonyl (C=O) groups excluding carboxylic acids is 1. The summed E-state index contributed by atoms with van der Waals surface area (Å²) in [5, 5.41) is 15.6. The van der Waals surface area contributed by atoms with Gasteiger partial charge in [0, 0.05) is 29.9 Å². The number of hydrogen-bond donors (Lipinski definition) is 2. The first-order valence-electron chi connectivity index (χ1n) is 10.7. The maximum Gasteiger partial charge on any atom is 0.235 e. The Bertz CT molecular complexity index is 1130. The lowest BCUT2D eigenvalue weighted by atomic mass is 9.70. The Kier molecular flexibility index (Phi) is 3.55. The number of nitrogens with one attached hydrogen (secondary N) is 2. The van der Waals surface area contributed by atoms with Crippen LogP contribution in [0.4, 0.5) is 11.6 Å². The highest BCUT2D eigenvalue weighted by Gasteiger charge is 2.55. The highest BCUT2D eigenvalue weighted by atomic mass is 16.2. The van der Waals surface area contributed by atoms with Gasteiger partial charge in [-0.1, -0.05) is 24.6 Å². The van der Waals surface area contributed by atoms with Crippen LogP contribution in [-0.2, 0) is 10.2 Å². The van der Waals surface area contributed by atoms with Crippen LogP contribution in [0.2, 0.25) is 0 Å². The van der Waals surface area contributed by atoms with Crippen molar-refractivity contribution in [3.63, 3.8) is 0 Å². The van der Waals surface area contributed by atoms with Crippen molar-refractivity contribution in [2.45, 2.75) is 50.4 Å². The van der Waals surface area contributed by atoms with Crippen LogP contribution >= 0.6 is 0 Å². The van der Waals surface area contributed by atoms with Gasteiger partial charge in [-0.3, -0.25) is 9.20 Å². The van der Waals surface area contributed by atoms with Gasteiger partial charge in [-0.15, -0.1) is 10.2 Å². The fourth-order valence-electron chi connectivity index (χ4n) is 5.51. The molecule has 2 N–H and O–H groups in total. The minimum Gasteiger partial charge on any atom is -0.354 e. The van der Waals surface area contributed by atoms with Gasteiger partial charge in [0.15, 0.2) is 5.65 Å². The van der Waals surface area contributed by atoms with Gasteiger partial charge in [0.1, 0.15) is 0 Å². The first-order valence-corrected chi connectivity index (χ1v) is 10.7. The van der Waals surface area contributed by atoms with E-state index in [9.17, 15) is 4.79 Å². The summed E-state index contributed by atoms with van der Waals surface area (Å²) in [7, 11) is 0. The van der Waals surface area contributed by atoms with Crippen LogP contribution in [0.1, 0.15) is 54.7 Å². The van der Waals surface area contributed by atoms with Crippen LogP contribution in [0.15, 0.2) is 36.5 Å². The van der Waals surface area contributed by atoms with Gasteiger partial charge in [-0.2, -0.15) is 0 Å². The van der Waals surface area contributed by atoms with Crippen molar-refractivity contribution in [1.82, 2.24) is 14.6 Å². The third-order valence-electron chi connectivity index (χ3n) is 7.15. The number of benzene rings is 1. The fourth-order valence-corrected chi connectivity index (χ4v) is 5.51. The lowest BCUT2D eigenvalue weighted by Crippen LogP contribution is -2.37. The monoisotopic (exact) mass is 387 g/mol. The van der Waals surface area contributed by atoms with Gasteiger partial charge in [0.2, 0.25) is 11.9 Å². The van der Waals surface area contributed by atoms with Crippen molar-refractivity contribution in [3.05, 3.63) is 53.2 Å². The maximum absolute atomic E-state index is 13.3. The van der Waals surface area contributed by atoms with Crippen molar-refractivity contribution < 1.29 is 4.79 Å². The summed E-state index contributed by atoms with van der Waals surface area (Å²) >= 11 is 0. The van der Waals surface area contributed by atoms with Gasteiger partial charge < -0.3 is 10.6 Å². The minimum absolute atomic E-state index is 0.107. The number of nitrogens with zero attached hydrogens (tertiary/aromatic N) is 3. The Morgan fingerprint density at radius 1 is 1.21 bits per heavy atom. The fraction of sp³-hybridized carbons (Fsp3) is 0.435. The molecule has 1 aromatic carbocycles. The number of para-hydroxylation sites is 1. The van der Waals surface area contributed by atoms with E-state index in [1.165, 1.54) is 24.0 Å². The summed E-state index contributed by atoms with van der Waals surface area (Å²) < 4.78 is 2.06. The first-order chi connectivity index (χ1) is 14.2. The van der Waals surface area contributed by atoms with Crippen molar-refractivity contribution in [3.8, 4) is 0 Å². The molecule has 1 aliphatic heterocycles. The van der Waals surface area contributed by atoms with Crippen LogP contribution in [0, 0.1) is 12.8 Å². The van der Waals surface area contributed by atoms with Crippen LogP contribution in [0.5, 0.6) is 0 Å². The van der Waals surface area contributed by atoms with E-state index in [2.05, 4.69) is 44.3 Å². The molecule has 2 atom stereocenters. The molecule has 2 aromatic heterocycles. The molecular weight excluding hydrogens is 362 g/mol.